The smallest absolute Gasteiger partial charge is 0.323 e. The third-order valence-electron chi connectivity index (χ3n) is 5.55. The van der Waals surface area contributed by atoms with Crippen LogP contribution in [0.25, 0.3) is 0 Å². The molecule has 162 valence electrons. The van der Waals surface area contributed by atoms with Gasteiger partial charge in [0.2, 0.25) is 0 Å². The van der Waals surface area contributed by atoms with Crippen molar-refractivity contribution in [3.05, 3.63) is 42.5 Å². The first-order valence-corrected chi connectivity index (χ1v) is 11.3. The van der Waals surface area contributed by atoms with E-state index in [1.807, 2.05) is 0 Å². The maximum Gasteiger partial charge on any atom is 0.323 e. The molecule has 1 aliphatic rings. The van der Waals surface area contributed by atoms with Crippen LogP contribution in [0.2, 0.25) is 0 Å². The van der Waals surface area contributed by atoms with Crippen molar-refractivity contribution < 1.29 is 4.79 Å². The van der Waals surface area contributed by atoms with E-state index >= 15 is 0 Å². The van der Waals surface area contributed by atoms with Gasteiger partial charge in [0.25, 0.3) is 0 Å². The van der Waals surface area contributed by atoms with E-state index in [9.17, 15) is 4.79 Å². The first-order valence-electron chi connectivity index (χ1n) is 11.3. The van der Waals surface area contributed by atoms with Crippen LogP contribution >= 0.6 is 0 Å². The lowest BCUT2D eigenvalue weighted by molar-refractivity contribution is 0.262. The second kappa shape index (κ2) is 11.0. The fourth-order valence-electron chi connectivity index (χ4n) is 4.26. The molecule has 6 nitrogen and oxygen atoms in total. The summed E-state index contributed by atoms with van der Waals surface area (Å²) in [6.45, 7) is 7.68. The summed E-state index contributed by atoms with van der Waals surface area (Å²) in [5.41, 5.74) is 3.82. The Morgan fingerprint density at radius 1 is 1.13 bits per heavy atom. The van der Waals surface area contributed by atoms with E-state index in [0.29, 0.717) is 17.6 Å². The molecule has 1 heterocycles. The Kier molecular flexibility index (Phi) is 8.05. The number of anilines is 3. The Labute approximate surface area is 180 Å². The molecule has 1 aliphatic carbocycles. The zero-order valence-corrected chi connectivity index (χ0v) is 18.5. The molecule has 6 heteroatoms. The van der Waals surface area contributed by atoms with Crippen molar-refractivity contribution in [2.45, 2.75) is 71.8 Å². The van der Waals surface area contributed by atoms with Crippen molar-refractivity contribution >= 4 is 23.1 Å². The number of nitrogens with one attached hydrogen (secondary N) is 2. The van der Waals surface area contributed by atoms with Gasteiger partial charge in [-0.05, 0) is 42.9 Å². The highest BCUT2D eigenvalue weighted by Crippen LogP contribution is 2.34. The Morgan fingerprint density at radius 2 is 1.87 bits per heavy atom. The number of hydrogen-bond acceptors (Lipinski definition) is 4. The quantitative estimate of drug-likeness (QED) is 0.572. The van der Waals surface area contributed by atoms with Gasteiger partial charge in [-0.1, -0.05) is 52.5 Å². The van der Waals surface area contributed by atoms with E-state index in [4.69, 9.17) is 0 Å². The highest BCUT2D eigenvalue weighted by molar-refractivity contribution is 6.01. The Hall–Kier alpha value is -2.63. The number of hydrogen-bond donors (Lipinski definition) is 2. The van der Waals surface area contributed by atoms with E-state index < -0.39 is 0 Å². The van der Waals surface area contributed by atoms with E-state index in [-0.39, 0.29) is 6.03 Å². The number of carbonyl (C=O) groups is 1. The van der Waals surface area contributed by atoms with Gasteiger partial charge in [-0.15, -0.1) is 0 Å². The molecule has 0 aliphatic heterocycles. The van der Waals surface area contributed by atoms with Crippen LogP contribution in [0.1, 0.15) is 64.9 Å². The number of benzene rings is 1. The highest BCUT2D eigenvalue weighted by Gasteiger charge is 2.24. The van der Waals surface area contributed by atoms with Gasteiger partial charge in [0.15, 0.2) is 0 Å². The molecular formula is C24H35N5O. The molecular weight excluding hydrogens is 374 g/mol. The lowest BCUT2D eigenvalue weighted by Crippen LogP contribution is -2.40. The maximum atomic E-state index is 12.7. The summed E-state index contributed by atoms with van der Waals surface area (Å²) in [4.78, 5) is 23.2. The third kappa shape index (κ3) is 6.18. The van der Waals surface area contributed by atoms with Crippen LogP contribution in [0.4, 0.5) is 21.9 Å². The minimum atomic E-state index is -0.271. The standard InChI is InChI=1S/C24H35N5O/c1-4-8-19-11-12-23(29(16-18(2)3)21-9-6-5-7-10-21)22(13-19)28-24(30)27-20-14-25-17-26-15-20/h11-15,17-18,21H,4-10,16H2,1-3H3,(H2,27,28,30). The molecule has 0 spiro atoms. The summed E-state index contributed by atoms with van der Waals surface area (Å²) in [5.74, 6) is 0.547. The Bertz CT molecular complexity index is 802. The number of urea groups is 1. The minimum absolute atomic E-state index is 0.271. The molecule has 2 N–H and O–H groups in total. The van der Waals surface area contributed by atoms with Crippen molar-refractivity contribution in [3.63, 3.8) is 0 Å². The van der Waals surface area contributed by atoms with Crippen LogP contribution < -0.4 is 15.5 Å². The van der Waals surface area contributed by atoms with Crippen LogP contribution in [0.5, 0.6) is 0 Å². The molecule has 0 unspecified atom stereocenters. The number of aryl methyl sites for hydroxylation is 1. The van der Waals surface area contributed by atoms with Crippen molar-refractivity contribution in [1.29, 1.82) is 0 Å². The summed E-state index contributed by atoms with van der Waals surface area (Å²) >= 11 is 0. The number of nitrogens with zero attached hydrogens (tertiary/aromatic N) is 3. The zero-order chi connectivity index (χ0) is 21.3. The first-order chi connectivity index (χ1) is 14.6. The average Bonchev–Trinajstić information content (AvgIpc) is 2.74. The van der Waals surface area contributed by atoms with E-state index in [1.165, 1.54) is 44.0 Å². The van der Waals surface area contributed by atoms with Gasteiger partial charge in [-0.3, -0.25) is 0 Å². The normalized spacial score (nSPS) is 14.5. The first kappa shape index (κ1) is 22.1. The summed E-state index contributed by atoms with van der Waals surface area (Å²) < 4.78 is 0. The Morgan fingerprint density at radius 3 is 2.53 bits per heavy atom. The summed E-state index contributed by atoms with van der Waals surface area (Å²) in [5, 5.41) is 5.94. The van der Waals surface area contributed by atoms with Crippen molar-refractivity contribution in [3.8, 4) is 0 Å². The molecule has 0 bridgehead atoms. The summed E-state index contributed by atoms with van der Waals surface area (Å²) in [7, 11) is 0. The maximum absolute atomic E-state index is 12.7. The molecule has 2 amide bonds. The molecule has 3 rings (SSSR count). The van der Waals surface area contributed by atoms with E-state index in [1.54, 1.807) is 12.4 Å². The topological polar surface area (TPSA) is 70.2 Å². The second-order valence-electron chi connectivity index (χ2n) is 8.65. The predicted molar refractivity (Wildman–Crippen MR) is 124 cm³/mol. The lowest BCUT2D eigenvalue weighted by atomic mass is 9.92. The predicted octanol–water partition coefficient (Wildman–Crippen LogP) is 5.87. The molecule has 0 saturated heterocycles. The molecule has 1 aromatic heterocycles. The molecule has 1 aromatic carbocycles. The monoisotopic (exact) mass is 409 g/mol. The minimum Gasteiger partial charge on any atom is -0.367 e. The van der Waals surface area contributed by atoms with Crippen molar-refractivity contribution in [1.82, 2.24) is 9.97 Å². The van der Waals surface area contributed by atoms with Crippen LogP contribution in [0.15, 0.2) is 36.9 Å². The van der Waals surface area contributed by atoms with Crippen molar-refractivity contribution in [2.24, 2.45) is 5.92 Å². The van der Waals surface area contributed by atoms with Gasteiger partial charge >= 0.3 is 6.03 Å². The third-order valence-corrected chi connectivity index (χ3v) is 5.55. The summed E-state index contributed by atoms with van der Waals surface area (Å²) in [6.07, 6.45) is 13.0. The van der Waals surface area contributed by atoms with Gasteiger partial charge in [0, 0.05) is 12.6 Å². The number of aromatic nitrogens is 2. The van der Waals surface area contributed by atoms with Crippen LogP contribution in [-0.2, 0) is 6.42 Å². The van der Waals surface area contributed by atoms with Crippen LogP contribution in [0, 0.1) is 5.92 Å². The highest BCUT2D eigenvalue weighted by atomic mass is 16.2. The molecule has 0 radical (unpaired) electrons. The number of amides is 2. The Balaban J connectivity index is 1.88. The lowest BCUT2D eigenvalue weighted by Gasteiger charge is -2.38. The van der Waals surface area contributed by atoms with Crippen LogP contribution in [-0.4, -0.2) is 28.6 Å². The largest absolute Gasteiger partial charge is 0.367 e. The van der Waals surface area contributed by atoms with Gasteiger partial charge in [-0.2, -0.15) is 0 Å². The number of rotatable bonds is 8. The molecule has 2 aromatic rings. The zero-order valence-electron chi connectivity index (χ0n) is 18.5. The van der Waals surface area contributed by atoms with Gasteiger partial charge in [0.1, 0.15) is 6.33 Å². The molecule has 1 saturated carbocycles. The fraction of sp³-hybridized carbons (Fsp3) is 0.542. The number of carbonyl (C=O) groups excluding carboxylic acids is 1. The molecule has 0 atom stereocenters. The van der Waals surface area contributed by atoms with Gasteiger partial charge < -0.3 is 15.5 Å². The van der Waals surface area contributed by atoms with Crippen molar-refractivity contribution in [2.75, 3.05) is 22.1 Å². The van der Waals surface area contributed by atoms with E-state index in [0.717, 1.165) is 30.8 Å². The van der Waals surface area contributed by atoms with E-state index in [2.05, 4.69) is 64.5 Å². The van der Waals surface area contributed by atoms with Gasteiger partial charge in [-0.25, -0.2) is 14.8 Å². The fourth-order valence-corrected chi connectivity index (χ4v) is 4.26. The second-order valence-corrected chi connectivity index (χ2v) is 8.65. The molecule has 30 heavy (non-hydrogen) atoms. The van der Waals surface area contributed by atoms with Gasteiger partial charge in [0.05, 0.1) is 29.5 Å². The SMILES string of the molecule is CCCc1ccc(N(CC(C)C)C2CCCCC2)c(NC(=O)Nc2cncnc2)c1. The average molecular weight is 410 g/mol. The van der Waals surface area contributed by atoms with Crippen LogP contribution in [0.3, 0.4) is 0 Å². The summed E-state index contributed by atoms with van der Waals surface area (Å²) in [6, 6.07) is 6.81. The molecule has 1 fully saturated rings.